The van der Waals surface area contributed by atoms with E-state index in [1.165, 1.54) is 0 Å². The fourth-order valence-corrected chi connectivity index (χ4v) is 1.69. The number of benzene rings is 1. The summed E-state index contributed by atoms with van der Waals surface area (Å²) >= 11 is 0. The Kier molecular flexibility index (Phi) is 3.55. The summed E-state index contributed by atoms with van der Waals surface area (Å²) in [7, 11) is 1.57. The minimum atomic E-state index is -0.919. The number of ether oxygens (including phenoxy) is 1. The monoisotopic (exact) mass is 223 g/mol. The summed E-state index contributed by atoms with van der Waals surface area (Å²) in [6.07, 6.45) is 0. The van der Waals surface area contributed by atoms with Gasteiger partial charge in [-0.15, -0.1) is 0 Å². The summed E-state index contributed by atoms with van der Waals surface area (Å²) in [6.45, 7) is 3.41. The Bertz CT molecular complexity index is 365. The number of nitrogens with two attached hydrogens (primary N) is 1. The lowest BCUT2D eigenvalue weighted by atomic mass is 9.83. The molecule has 0 saturated carbocycles. The van der Waals surface area contributed by atoms with Gasteiger partial charge in [-0.2, -0.15) is 0 Å². The lowest BCUT2D eigenvalue weighted by Gasteiger charge is -2.27. The highest BCUT2D eigenvalue weighted by atomic mass is 16.5. The lowest BCUT2D eigenvalue weighted by Crippen LogP contribution is -2.43. The molecule has 0 aliphatic heterocycles. The fourth-order valence-electron chi connectivity index (χ4n) is 1.69. The molecule has 4 nitrogen and oxygen atoms in total. The topological polar surface area (TPSA) is 72.5 Å². The van der Waals surface area contributed by atoms with E-state index >= 15 is 0 Å². The molecule has 1 atom stereocenters. The van der Waals surface area contributed by atoms with Crippen LogP contribution in [-0.2, 0) is 4.79 Å². The lowest BCUT2D eigenvalue weighted by molar-refractivity contribution is -0.140. The number of carboxylic acid groups (broad SMARTS) is 1. The second-order valence-electron chi connectivity index (χ2n) is 4.37. The molecule has 0 spiro atoms. The van der Waals surface area contributed by atoms with Crippen LogP contribution in [0, 0.1) is 0 Å². The van der Waals surface area contributed by atoms with Crippen LogP contribution in [-0.4, -0.2) is 23.7 Å². The number of aliphatic carboxylic acids is 1. The van der Waals surface area contributed by atoms with Gasteiger partial charge in [0.1, 0.15) is 5.75 Å². The predicted molar refractivity (Wildman–Crippen MR) is 61.6 cm³/mol. The van der Waals surface area contributed by atoms with Gasteiger partial charge in [0.2, 0.25) is 0 Å². The van der Waals surface area contributed by atoms with Crippen LogP contribution in [0.4, 0.5) is 0 Å². The van der Waals surface area contributed by atoms with Crippen LogP contribution in [0.15, 0.2) is 24.3 Å². The molecule has 0 aromatic heterocycles. The molecule has 3 N–H and O–H groups in total. The fraction of sp³-hybridized carbons (Fsp3) is 0.417. The zero-order valence-corrected chi connectivity index (χ0v) is 9.73. The zero-order chi connectivity index (χ0) is 12.3. The molecule has 0 saturated heterocycles. The Balaban J connectivity index is 3.07. The molecule has 4 heteroatoms. The van der Waals surface area contributed by atoms with Crippen molar-refractivity contribution in [3.05, 3.63) is 29.8 Å². The average Bonchev–Trinajstić information content (AvgIpc) is 2.16. The SMILES string of the molecule is COc1ccc(C(C(=O)O)C(C)(C)N)cc1. The first kappa shape index (κ1) is 12.5. The van der Waals surface area contributed by atoms with Crippen LogP contribution in [0.1, 0.15) is 25.3 Å². The molecular formula is C12H17NO3. The minimum Gasteiger partial charge on any atom is -0.497 e. The van der Waals surface area contributed by atoms with E-state index < -0.39 is 17.4 Å². The number of methoxy groups -OCH3 is 1. The summed E-state index contributed by atoms with van der Waals surface area (Å²) in [5.41, 5.74) is 5.75. The third kappa shape index (κ3) is 2.73. The Hall–Kier alpha value is -1.55. The van der Waals surface area contributed by atoms with Gasteiger partial charge in [0.15, 0.2) is 0 Å². The summed E-state index contributed by atoms with van der Waals surface area (Å²) in [5, 5.41) is 9.18. The summed E-state index contributed by atoms with van der Waals surface area (Å²) < 4.78 is 5.02. The first-order chi connectivity index (χ1) is 7.36. The normalized spacial score (nSPS) is 13.2. The van der Waals surface area contributed by atoms with E-state index in [0.29, 0.717) is 11.3 Å². The number of hydrogen-bond donors (Lipinski definition) is 2. The van der Waals surface area contributed by atoms with E-state index in [2.05, 4.69) is 0 Å². The molecule has 0 aliphatic rings. The standard InChI is InChI=1S/C12H17NO3/c1-12(2,13)10(11(14)15)8-4-6-9(16-3)7-5-8/h4-7,10H,13H2,1-3H3,(H,14,15). The molecule has 0 aliphatic carbocycles. The van der Waals surface area contributed by atoms with Gasteiger partial charge in [0.05, 0.1) is 13.0 Å². The molecule has 0 fully saturated rings. The zero-order valence-electron chi connectivity index (χ0n) is 9.73. The summed E-state index contributed by atoms with van der Waals surface area (Å²) in [4.78, 5) is 11.2. The van der Waals surface area contributed by atoms with Crippen LogP contribution in [0.25, 0.3) is 0 Å². The van der Waals surface area contributed by atoms with Crippen molar-refractivity contribution in [3.63, 3.8) is 0 Å². The highest BCUT2D eigenvalue weighted by Gasteiger charge is 2.33. The quantitative estimate of drug-likeness (QED) is 0.813. The van der Waals surface area contributed by atoms with Crippen molar-refractivity contribution in [1.82, 2.24) is 0 Å². The maximum Gasteiger partial charge on any atom is 0.312 e. The van der Waals surface area contributed by atoms with E-state index in [9.17, 15) is 9.90 Å². The number of carbonyl (C=O) groups is 1. The van der Waals surface area contributed by atoms with Gasteiger partial charge in [0.25, 0.3) is 0 Å². The third-order valence-corrected chi connectivity index (χ3v) is 2.44. The molecule has 0 heterocycles. The molecule has 1 aromatic rings. The van der Waals surface area contributed by atoms with Crippen LogP contribution in [0.5, 0.6) is 5.75 Å². The highest BCUT2D eigenvalue weighted by molar-refractivity contribution is 5.78. The largest absolute Gasteiger partial charge is 0.497 e. The van der Waals surface area contributed by atoms with Gasteiger partial charge in [-0.25, -0.2) is 0 Å². The molecule has 0 bridgehead atoms. The van der Waals surface area contributed by atoms with Crippen molar-refractivity contribution < 1.29 is 14.6 Å². The predicted octanol–water partition coefficient (Wildman–Crippen LogP) is 1.60. The Morgan fingerprint density at radius 1 is 1.38 bits per heavy atom. The van der Waals surface area contributed by atoms with E-state index in [-0.39, 0.29) is 0 Å². The number of carboxylic acids is 1. The average molecular weight is 223 g/mol. The second-order valence-corrected chi connectivity index (χ2v) is 4.37. The highest BCUT2D eigenvalue weighted by Crippen LogP contribution is 2.27. The first-order valence-electron chi connectivity index (χ1n) is 5.02. The van der Waals surface area contributed by atoms with Gasteiger partial charge >= 0.3 is 5.97 Å². The van der Waals surface area contributed by atoms with E-state index in [4.69, 9.17) is 10.5 Å². The Morgan fingerprint density at radius 3 is 2.19 bits per heavy atom. The van der Waals surface area contributed by atoms with Crippen molar-refractivity contribution in [1.29, 1.82) is 0 Å². The Labute approximate surface area is 95.0 Å². The van der Waals surface area contributed by atoms with Gasteiger partial charge in [-0.3, -0.25) is 4.79 Å². The molecule has 0 radical (unpaired) electrons. The molecule has 1 aromatic carbocycles. The van der Waals surface area contributed by atoms with Crippen LogP contribution < -0.4 is 10.5 Å². The third-order valence-electron chi connectivity index (χ3n) is 2.44. The van der Waals surface area contributed by atoms with Crippen molar-refractivity contribution >= 4 is 5.97 Å². The summed E-state index contributed by atoms with van der Waals surface area (Å²) in [5.74, 6) is -0.946. The van der Waals surface area contributed by atoms with Gasteiger partial charge in [-0.05, 0) is 31.5 Å². The molecule has 1 rings (SSSR count). The van der Waals surface area contributed by atoms with Gasteiger partial charge < -0.3 is 15.6 Å². The van der Waals surface area contributed by atoms with Crippen molar-refractivity contribution in [2.24, 2.45) is 5.73 Å². The van der Waals surface area contributed by atoms with E-state index in [0.717, 1.165) is 0 Å². The minimum absolute atomic E-state index is 0.681. The molecule has 1 unspecified atom stereocenters. The van der Waals surface area contributed by atoms with Crippen LogP contribution >= 0.6 is 0 Å². The first-order valence-corrected chi connectivity index (χ1v) is 5.02. The Morgan fingerprint density at radius 2 is 1.88 bits per heavy atom. The number of rotatable bonds is 4. The van der Waals surface area contributed by atoms with Crippen molar-refractivity contribution in [3.8, 4) is 5.75 Å². The molecule has 88 valence electrons. The smallest absolute Gasteiger partial charge is 0.312 e. The van der Waals surface area contributed by atoms with Crippen molar-refractivity contribution in [2.45, 2.75) is 25.3 Å². The maximum absolute atomic E-state index is 11.2. The van der Waals surface area contributed by atoms with E-state index in [1.54, 1.807) is 45.2 Å². The van der Waals surface area contributed by atoms with E-state index in [1.807, 2.05) is 0 Å². The van der Waals surface area contributed by atoms with Gasteiger partial charge in [-0.1, -0.05) is 12.1 Å². The molecule has 16 heavy (non-hydrogen) atoms. The maximum atomic E-state index is 11.2. The van der Waals surface area contributed by atoms with Crippen LogP contribution in [0.3, 0.4) is 0 Å². The second kappa shape index (κ2) is 4.53. The van der Waals surface area contributed by atoms with Gasteiger partial charge in [0, 0.05) is 5.54 Å². The summed E-state index contributed by atoms with van der Waals surface area (Å²) in [6, 6.07) is 6.92. The molecular weight excluding hydrogens is 206 g/mol. The van der Waals surface area contributed by atoms with Crippen molar-refractivity contribution in [2.75, 3.05) is 7.11 Å². The number of hydrogen-bond acceptors (Lipinski definition) is 3. The molecule has 0 amide bonds. The van der Waals surface area contributed by atoms with Crippen LogP contribution in [0.2, 0.25) is 0 Å².